The van der Waals surface area contributed by atoms with Crippen molar-refractivity contribution in [2.75, 3.05) is 7.11 Å². The van der Waals surface area contributed by atoms with Crippen molar-refractivity contribution in [3.63, 3.8) is 0 Å². The summed E-state index contributed by atoms with van der Waals surface area (Å²) in [6.45, 7) is 7.49. The van der Waals surface area contributed by atoms with E-state index in [0.717, 1.165) is 10.5 Å². The lowest BCUT2D eigenvalue weighted by molar-refractivity contribution is 0.415. The Labute approximate surface area is 124 Å². The summed E-state index contributed by atoms with van der Waals surface area (Å²) >= 11 is 4.23. The van der Waals surface area contributed by atoms with Crippen molar-refractivity contribution in [2.45, 2.75) is 4.90 Å². The molecule has 20 heavy (non-hydrogen) atoms. The molecule has 0 spiro atoms. The minimum atomic E-state index is 0.502. The zero-order chi connectivity index (χ0) is 14.5. The van der Waals surface area contributed by atoms with E-state index in [0.29, 0.717) is 22.9 Å². The van der Waals surface area contributed by atoms with Gasteiger partial charge in [0, 0.05) is 16.5 Å². The predicted octanol–water partition coefficient (Wildman–Crippen LogP) is 4.37. The summed E-state index contributed by atoms with van der Waals surface area (Å²) in [5.74, 6) is 1.91. The molecule has 2 aromatic rings. The molecule has 0 aliphatic heterocycles. The number of rotatable bonds is 5. The van der Waals surface area contributed by atoms with Crippen LogP contribution in [0.15, 0.2) is 58.9 Å². The second-order valence-electron chi connectivity index (χ2n) is 4.06. The third-order valence-corrected chi connectivity index (χ3v) is 3.05. The number of hydrogen-bond donors (Lipinski definition) is 1. The highest BCUT2D eigenvalue weighted by molar-refractivity contribution is 7.80. The molecule has 3 nitrogen and oxygen atoms in total. The number of thiol groups is 1. The van der Waals surface area contributed by atoms with E-state index >= 15 is 0 Å². The second kappa shape index (κ2) is 6.30. The molecule has 0 saturated carbocycles. The van der Waals surface area contributed by atoms with E-state index < -0.39 is 0 Å². The molecule has 0 atom stereocenters. The number of methoxy groups -OCH3 is 1. The maximum Gasteiger partial charge on any atom is 0.129 e. The van der Waals surface area contributed by atoms with E-state index in [1.165, 1.54) is 0 Å². The van der Waals surface area contributed by atoms with Crippen molar-refractivity contribution in [1.82, 2.24) is 0 Å². The van der Waals surface area contributed by atoms with Gasteiger partial charge in [0.1, 0.15) is 17.3 Å². The van der Waals surface area contributed by atoms with Crippen molar-refractivity contribution < 1.29 is 9.47 Å². The topological polar surface area (TPSA) is 30.8 Å². The Morgan fingerprint density at radius 1 is 1.10 bits per heavy atom. The molecule has 0 amide bonds. The summed E-state index contributed by atoms with van der Waals surface area (Å²) < 4.78 is 10.9. The number of benzene rings is 2. The number of hydrogen-bond acceptors (Lipinski definition) is 4. The first-order valence-electron chi connectivity index (χ1n) is 5.95. The van der Waals surface area contributed by atoms with Gasteiger partial charge in [0.05, 0.1) is 12.8 Å². The van der Waals surface area contributed by atoms with Crippen molar-refractivity contribution in [3.8, 4) is 11.5 Å². The van der Waals surface area contributed by atoms with E-state index in [-0.39, 0.29) is 0 Å². The van der Waals surface area contributed by atoms with Gasteiger partial charge in [-0.2, -0.15) is 0 Å². The van der Waals surface area contributed by atoms with Crippen LogP contribution in [0, 0.1) is 0 Å². The molecule has 0 aromatic heterocycles. The minimum absolute atomic E-state index is 0.502. The average molecular weight is 285 g/mol. The molecular weight excluding hydrogens is 270 g/mol. The Balaban J connectivity index is 2.24. The Kier molecular flexibility index (Phi) is 4.48. The molecule has 0 aliphatic rings. The van der Waals surface area contributed by atoms with Gasteiger partial charge in [-0.1, -0.05) is 6.58 Å². The van der Waals surface area contributed by atoms with Crippen LogP contribution in [0.1, 0.15) is 5.56 Å². The average Bonchev–Trinajstić information content (AvgIpc) is 2.48. The lowest BCUT2D eigenvalue weighted by Crippen LogP contribution is -1.94. The zero-order valence-electron chi connectivity index (χ0n) is 11.2. The van der Waals surface area contributed by atoms with Gasteiger partial charge in [-0.15, -0.1) is 12.6 Å². The van der Waals surface area contributed by atoms with E-state index in [2.05, 4.69) is 30.9 Å². The Hall–Kier alpha value is -2.20. The summed E-state index contributed by atoms with van der Waals surface area (Å²) in [4.78, 5) is 4.85. The van der Waals surface area contributed by atoms with Crippen LogP contribution in [0.5, 0.6) is 11.5 Å². The first kappa shape index (κ1) is 14.2. The summed E-state index contributed by atoms with van der Waals surface area (Å²) in [7, 11) is 1.60. The maximum atomic E-state index is 5.71. The van der Waals surface area contributed by atoms with Crippen LogP contribution < -0.4 is 9.47 Å². The first-order valence-corrected chi connectivity index (χ1v) is 6.39. The van der Waals surface area contributed by atoms with Gasteiger partial charge in [0.2, 0.25) is 0 Å². The third-order valence-electron chi connectivity index (χ3n) is 2.75. The molecule has 2 rings (SSSR count). The minimum Gasteiger partial charge on any atom is -0.497 e. The van der Waals surface area contributed by atoms with Crippen molar-refractivity contribution in [2.24, 2.45) is 4.99 Å². The monoisotopic (exact) mass is 285 g/mol. The third kappa shape index (κ3) is 3.22. The molecule has 102 valence electrons. The molecule has 4 heteroatoms. The van der Waals surface area contributed by atoms with E-state index in [4.69, 9.17) is 9.47 Å². The summed E-state index contributed by atoms with van der Waals surface area (Å²) in [6, 6.07) is 12.8. The van der Waals surface area contributed by atoms with Gasteiger partial charge < -0.3 is 9.47 Å². The lowest BCUT2D eigenvalue weighted by atomic mass is 10.1. The molecule has 0 N–H and O–H groups in total. The number of aliphatic imine (C=N–C) groups is 1. The quantitative estimate of drug-likeness (QED) is 0.502. The predicted molar refractivity (Wildman–Crippen MR) is 85.6 cm³/mol. The van der Waals surface area contributed by atoms with Gasteiger partial charge in [-0.25, -0.2) is 0 Å². The van der Waals surface area contributed by atoms with Crippen LogP contribution in [0.25, 0.3) is 5.76 Å². The van der Waals surface area contributed by atoms with Crippen LogP contribution in [-0.2, 0) is 0 Å². The van der Waals surface area contributed by atoms with Crippen LogP contribution in [0.2, 0.25) is 0 Å². The first-order chi connectivity index (χ1) is 9.63. The fourth-order valence-corrected chi connectivity index (χ4v) is 1.87. The highest BCUT2D eigenvalue weighted by atomic mass is 32.1. The van der Waals surface area contributed by atoms with Crippen molar-refractivity contribution in [1.29, 1.82) is 0 Å². The fourth-order valence-electron chi connectivity index (χ4n) is 1.72. The number of ether oxygens (including phenoxy) is 2. The Morgan fingerprint density at radius 2 is 1.75 bits per heavy atom. The Bertz CT molecular complexity index is 635. The molecule has 0 unspecified atom stereocenters. The van der Waals surface area contributed by atoms with E-state index in [1.807, 2.05) is 36.4 Å². The van der Waals surface area contributed by atoms with Gasteiger partial charge in [-0.05, 0) is 43.1 Å². The largest absolute Gasteiger partial charge is 0.497 e. The summed E-state index contributed by atoms with van der Waals surface area (Å²) in [6.07, 6.45) is 0. The summed E-state index contributed by atoms with van der Waals surface area (Å²) in [5, 5.41) is 0. The van der Waals surface area contributed by atoms with Gasteiger partial charge in [0.25, 0.3) is 0 Å². The molecule has 2 aromatic carbocycles. The van der Waals surface area contributed by atoms with E-state index in [1.54, 1.807) is 13.2 Å². The highest BCUT2D eigenvalue weighted by Crippen LogP contribution is 2.31. The zero-order valence-corrected chi connectivity index (χ0v) is 12.1. The lowest BCUT2D eigenvalue weighted by Gasteiger charge is -2.12. The molecular formula is C16H15NO2S. The SMILES string of the molecule is C=Nc1cc(OC)ccc1C(=C)Oc1ccc(S)cc1. The summed E-state index contributed by atoms with van der Waals surface area (Å²) in [5.41, 5.74) is 1.44. The van der Waals surface area contributed by atoms with Crippen LogP contribution >= 0.6 is 12.6 Å². The van der Waals surface area contributed by atoms with Crippen LogP contribution in [0.3, 0.4) is 0 Å². The second-order valence-corrected chi connectivity index (χ2v) is 4.58. The van der Waals surface area contributed by atoms with Gasteiger partial charge in [-0.3, -0.25) is 4.99 Å². The van der Waals surface area contributed by atoms with Crippen LogP contribution in [0.4, 0.5) is 5.69 Å². The maximum absolute atomic E-state index is 5.71. The molecule has 0 aliphatic carbocycles. The molecule has 0 radical (unpaired) electrons. The molecule has 0 fully saturated rings. The van der Waals surface area contributed by atoms with Crippen LogP contribution in [-0.4, -0.2) is 13.8 Å². The number of nitrogens with zero attached hydrogens (tertiary/aromatic N) is 1. The standard InChI is InChI=1S/C16H15NO2S/c1-11(19-12-4-7-14(20)8-5-12)15-9-6-13(18-3)10-16(15)17-2/h4-10,20H,1-2H2,3H3. The molecule has 0 heterocycles. The fraction of sp³-hybridized carbons (Fsp3) is 0.0625. The van der Waals surface area contributed by atoms with Crippen molar-refractivity contribution >= 4 is 30.8 Å². The van der Waals surface area contributed by atoms with E-state index in [9.17, 15) is 0 Å². The van der Waals surface area contributed by atoms with Crippen molar-refractivity contribution in [3.05, 3.63) is 54.6 Å². The smallest absolute Gasteiger partial charge is 0.129 e. The van der Waals surface area contributed by atoms with Gasteiger partial charge >= 0.3 is 0 Å². The normalized spacial score (nSPS) is 9.90. The highest BCUT2D eigenvalue weighted by Gasteiger charge is 2.09. The Morgan fingerprint density at radius 3 is 2.35 bits per heavy atom. The van der Waals surface area contributed by atoms with Gasteiger partial charge in [0.15, 0.2) is 0 Å². The molecule has 0 bridgehead atoms. The molecule has 0 saturated heterocycles.